The van der Waals surface area contributed by atoms with E-state index in [1.54, 1.807) is 11.8 Å². The molecule has 2 heterocycles. The summed E-state index contributed by atoms with van der Waals surface area (Å²) in [7, 11) is 0. The molecule has 3 nitrogen and oxygen atoms in total. The molecule has 1 atom stereocenters. The van der Waals surface area contributed by atoms with Crippen molar-refractivity contribution in [3.63, 3.8) is 0 Å². The number of hydrogen-bond donors (Lipinski definition) is 1. The normalized spacial score (nSPS) is 20.7. The second-order valence-electron chi connectivity index (χ2n) is 6.53. The average molecular weight is 350 g/mol. The van der Waals surface area contributed by atoms with Gasteiger partial charge in [0.05, 0.1) is 0 Å². The van der Waals surface area contributed by atoms with Crippen LogP contribution in [0.4, 0.5) is 0 Å². The van der Waals surface area contributed by atoms with Gasteiger partial charge in [-0.1, -0.05) is 72.4 Å². The molecule has 0 aliphatic carbocycles. The number of thioether (sulfide) groups is 1. The predicted molar refractivity (Wildman–Crippen MR) is 107 cm³/mol. The zero-order valence-corrected chi connectivity index (χ0v) is 15.3. The first-order valence-electron chi connectivity index (χ1n) is 8.75. The summed E-state index contributed by atoms with van der Waals surface area (Å²) in [5, 5.41) is 4.59. The van der Waals surface area contributed by atoms with Crippen molar-refractivity contribution < 1.29 is 0 Å². The molecule has 0 fully saturated rings. The van der Waals surface area contributed by atoms with Crippen molar-refractivity contribution in [1.29, 1.82) is 0 Å². The van der Waals surface area contributed by atoms with Crippen LogP contribution in [-0.4, -0.2) is 29.4 Å². The van der Waals surface area contributed by atoms with E-state index in [4.69, 9.17) is 4.99 Å². The fraction of sp³-hybridized carbons (Fsp3) is 0.286. The van der Waals surface area contributed by atoms with Gasteiger partial charge in [0.25, 0.3) is 0 Å². The molecule has 4 heteroatoms. The van der Waals surface area contributed by atoms with Crippen LogP contribution < -0.4 is 5.32 Å². The van der Waals surface area contributed by atoms with Crippen LogP contribution in [-0.2, 0) is 6.54 Å². The van der Waals surface area contributed by atoms with E-state index in [1.165, 1.54) is 22.4 Å². The highest BCUT2D eigenvalue weighted by atomic mass is 32.2. The summed E-state index contributed by atoms with van der Waals surface area (Å²) in [4.78, 5) is 7.51. The lowest BCUT2D eigenvalue weighted by Crippen LogP contribution is -2.39. The Labute approximate surface area is 153 Å². The Morgan fingerprint density at radius 3 is 2.52 bits per heavy atom. The summed E-state index contributed by atoms with van der Waals surface area (Å²) in [6.07, 6.45) is 3.15. The average Bonchev–Trinajstić information content (AvgIpc) is 2.68. The van der Waals surface area contributed by atoms with Crippen LogP contribution in [0.2, 0.25) is 0 Å². The van der Waals surface area contributed by atoms with Gasteiger partial charge < -0.3 is 5.32 Å². The summed E-state index contributed by atoms with van der Waals surface area (Å²) in [5.41, 5.74) is 5.45. The van der Waals surface area contributed by atoms with Crippen molar-refractivity contribution in [3.05, 3.63) is 83.1 Å². The summed E-state index contributed by atoms with van der Waals surface area (Å²) in [6.45, 7) is 3.06. The van der Waals surface area contributed by atoms with Gasteiger partial charge in [-0.05, 0) is 23.0 Å². The minimum atomic E-state index is 0.137. The third kappa shape index (κ3) is 3.65. The maximum absolute atomic E-state index is 4.98. The Bertz CT molecular complexity index is 783. The first kappa shape index (κ1) is 16.4. The number of benzene rings is 2. The van der Waals surface area contributed by atoms with Crippen LogP contribution in [0.5, 0.6) is 0 Å². The lowest BCUT2D eigenvalue weighted by molar-refractivity contribution is 0.267. The van der Waals surface area contributed by atoms with Gasteiger partial charge in [0.15, 0.2) is 5.17 Å². The van der Waals surface area contributed by atoms with Crippen LogP contribution in [0.15, 0.2) is 76.9 Å². The predicted octanol–water partition coefficient (Wildman–Crippen LogP) is 4.21. The van der Waals surface area contributed by atoms with Crippen LogP contribution in [0, 0.1) is 0 Å². The molecule has 0 saturated heterocycles. The van der Waals surface area contributed by atoms with E-state index < -0.39 is 0 Å². The van der Waals surface area contributed by atoms with E-state index in [0.29, 0.717) is 0 Å². The van der Waals surface area contributed by atoms with Gasteiger partial charge in [-0.3, -0.25) is 4.90 Å². The SMILES string of the molecule is CSC1=NC(c2ccccc2)C2=C(CCN(Cc3ccccc3)C2)N1. The van der Waals surface area contributed by atoms with Crippen LogP contribution >= 0.6 is 11.8 Å². The lowest BCUT2D eigenvalue weighted by atomic mass is 9.92. The molecule has 0 aromatic heterocycles. The number of amidine groups is 1. The third-order valence-electron chi connectivity index (χ3n) is 4.85. The molecule has 4 rings (SSSR count). The highest BCUT2D eigenvalue weighted by Crippen LogP contribution is 2.35. The topological polar surface area (TPSA) is 27.6 Å². The van der Waals surface area contributed by atoms with Crippen LogP contribution in [0.1, 0.15) is 23.6 Å². The van der Waals surface area contributed by atoms with Crippen molar-refractivity contribution in [2.45, 2.75) is 19.0 Å². The lowest BCUT2D eigenvalue weighted by Gasteiger charge is -2.36. The van der Waals surface area contributed by atoms with Gasteiger partial charge >= 0.3 is 0 Å². The van der Waals surface area contributed by atoms with Crippen molar-refractivity contribution >= 4 is 16.9 Å². The molecule has 2 aromatic rings. The minimum absolute atomic E-state index is 0.137. The number of nitrogens with one attached hydrogen (secondary N) is 1. The van der Waals surface area contributed by atoms with E-state index in [-0.39, 0.29) is 6.04 Å². The molecule has 128 valence electrons. The Balaban J connectivity index is 1.59. The van der Waals surface area contributed by atoms with Crippen molar-refractivity contribution in [1.82, 2.24) is 10.2 Å². The Kier molecular flexibility index (Phi) is 4.90. The maximum Gasteiger partial charge on any atom is 0.161 e. The maximum atomic E-state index is 4.98. The number of hydrogen-bond acceptors (Lipinski definition) is 4. The molecule has 25 heavy (non-hydrogen) atoms. The van der Waals surface area contributed by atoms with Crippen LogP contribution in [0.25, 0.3) is 0 Å². The fourth-order valence-corrected chi connectivity index (χ4v) is 4.02. The molecule has 0 amide bonds. The van der Waals surface area contributed by atoms with Crippen LogP contribution in [0.3, 0.4) is 0 Å². The summed E-state index contributed by atoms with van der Waals surface area (Å²) < 4.78 is 0. The molecule has 0 saturated carbocycles. The number of nitrogens with zero attached hydrogens (tertiary/aromatic N) is 2. The Hall–Kier alpha value is -2.04. The molecule has 2 aliphatic heterocycles. The zero-order chi connectivity index (χ0) is 17.1. The fourth-order valence-electron chi connectivity index (χ4n) is 3.59. The van der Waals surface area contributed by atoms with E-state index in [1.807, 2.05) is 0 Å². The van der Waals surface area contributed by atoms with Gasteiger partial charge in [0, 0.05) is 31.8 Å². The van der Waals surface area contributed by atoms with Gasteiger partial charge in [-0.15, -0.1) is 0 Å². The minimum Gasteiger partial charge on any atom is -0.338 e. The molecule has 2 aromatic carbocycles. The molecular weight excluding hydrogens is 326 g/mol. The summed E-state index contributed by atoms with van der Waals surface area (Å²) in [5.74, 6) is 0. The van der Waals surface area contributed by atoms with Gasteiger partial charge in [-0.2, -0.15) is 0 Å². The van der Waals surface area contributed by atoms with Gasteiger partial charge in [0.2, 0.25) is 0 Å². The summed E-state index contributed by atoms with van der Waals surface area (Å²) in [6, 6.07) is 21.5. The van der Waals surface area contributed by atoms with E-state index in [9.17, 15) is 0 Å². The second kappa shape index (κ2) is 7.46. The second-order valence-corrected chi connectivity index (χ2v) is 7.32. The molecule has 1 unspecified atom stereocenters. The standard InChI is InChI=1S/C21H23N3S/c1-25-21-22-19-12-13-24(14-16-8-4-2-5-9-16)15-18(19)20(23-21)17-10-6-3-7-11-17/h2-11,20H,12-15H2,1H3,(H,22,23). The molecule has 1 N–H and O–H groups in total. The van der Waals surface area contributed by atoms with Crippen molar-refractivity contribution in [2.24, 2.45) is 4.99 Å². The van der Waals surface area contributed by atoms with E-state index >= 15 is 0 Å². The van der Waals surface area contributed by atoms with E-state index in [2.05, 4.69) is 77.1 Å². The monoisotopic (exact) mass is 349 g/mol. The molecule has 0 bridgehead atoms. The first-order chi connectivity index (χ1) is 12.3. The zero-order valence-electron chi connectivity index (χ0n) is 14.5. The Morgan fingerprint density at radius 1 is 1.08 bits per heavy atom. The smallest absolute Gasteiger partial charge is 0.161 e. The highest BCUT2D eigenvalue weighted by Gasteiger charge is 2.29. The largest absolute Gasteiger partial charge is 0.338 e. The third-order valence-corrected chi connectivity index (χ3v) is 5.45. The molecule has 0 radical (unpaired) electrons. The highest BCUT2D eigenvalue weighted by molar-refractivity contribution is 8.13. The molecule has 0 spiro atoms. The number of rotatable bonds is 3. The van der Waals surface area contributed by atoms with Gasteiger partial charge in [-0.25, -0.2) is 4.99 Å². The van der Waals surface area contributed by atoms with Crippen molar-refractivity contribution in [2.75, 3.05) is 19.3 Å². The quantitative estimate of drug-likeness (QED) is 0.899. The van der Waals surface area contributed by atoms with Gasteiger partial charge in [0.1, 0.15) is 6.04 Å². The molecule has 2 aliphatic rings. The summed E-state index contributed by atoms with van der Waals surface area (Å²) >= 11 is 1.69. The molecular formula is C21H23N3S. The van der Waals surface area contributed by atoms with E-state index in [0.717, 1.165) is 31.2 Å². The Morgan fingerprint density at radius 2 is 1.80 bits per heavy atom. The van der Waals surface area contributed by atoms with Crippen molar-refractivity contribution in [3.8, 4) is 0 Å². The number of aliphatic imine (C=N–C) groups is 1. The first-order valence-corrected chi connectivity index (χ1v) is 9.98.